The second-order valence-electron chi connectivity index (χ2n) is 6.43. The van der Waals surface area contributed by atoms with E-state index < -0.39 is 0 Å². The van der Waals surface area contributed by atoms with Crippen molar-refractivity contribution in [3.8, 4) is 0 Å². The lowest BCUT2D eigenvalue weighted by Crippen LogP contribution is -2.36. The Morgan fingerprint density at radius 2 is 1.94 bits per heavy atom. The van der Waals surface area contributed by atoms with Crippen LogP contribution in [0.5, 0.6) is 0 Å². The minimum absolute atomic E-state index is 0.154. The minimum Gasteiger partial charge on any atom is -0.370 e. The SMILES string of the molecule is CC(C)(CN)CCCN1CCC(CC(N)=O)CC1. The van der Waals surface area contributed by atoms with E-state index in [9.17, 15) is 4.79 Å². The van der Waals surface area contributed by atoms with Crippen LogP contribution in [-0.4, -0.2) is 37.0 Å². The molecule has 0 atom stereocenters. The molecule has 1 rings (SSSR count). The highest BCUT2D eigenvalue weighted by Crippen LogP contribution is 2.23. The van der Waals surface area contributed by atoms with Crippen molar-refractivity contribution in [2.24, 2.45) is 22.8 Å². The van der Waals surface area contributed by atoms with E-state index in [2.05, 4.69) is 18.7 Å². The first kappa shape index (κ1) is 15.4. The van der Waals surface area contributed by atoms with Gasteiger partial charge >= 0.3 is 0 Å². The first-order valence-electron chi connectivity index (χ1n) is 7.14. The van der Waals surface area contributed by atoms with Crippen LogP contribution in [0, 0.1) is 11.3 Å². The van der Waals surface area contributed by atoms with Crippen molar-refractivity contribution in [3.63, 3.8) is 0 Å². The molecule has 0 radical (unpaired) electrons. The number of hydrogen-bond acceptors (Lipinski definition) is 3. The Bertz CT molecular complexity index is 258. The van der Waals surface area contributed by atoms with Crippen molar-refractivity contribution in [3.05, 3.63) is 0 Å². The Morgan fingerprint density at radius 3 is 2.44 bits per heavy atom. The van der Waals surface area contributed by atoms with Gasteiger partial charge in [0.1, 0.15) is 0 Å². The van der Waals surface area contributed by atoms with Gasteiger partial charge in [-0.2, -0.15) is 0 Å². The molecule has 0 bridgehead atoms. The Hall–Kier alpha value is -0.610. The molecular weight excluding hydrogens is 226 g/mol. The zero-order valence-electron chi connectivity index (χ0n) is 12.0. The summed E-state index contributed by atoms with van der Waals surface area (Å²) < 4.78 is 0. The summed E-state index contributed by atoms with van der Waals surface area (Å²) in [7, 11) is 0. The fourth-order valence-electron chi connectivity index (χ4n) is 2.58. The van der Waals surface area contributed by atoms with Gasteiger partial charge in [0.05, 0.1) is 0 Å². The molecule has 18 heavy (non-hydrogen) atoms. The van der Waals surface area contributed by atoms with Crippen LogP contribution >= 0.6 is 0 Å². The smallest absolute Gasteiger partial charge is 0.217 e. The van der Waals surface area contributed by atoms with E-state index in [1.807, 2.05) is 0 Å². The maximum absolute atomic E-state index is 10.9. The van der Waals surface area contributed by atoms with Gasteiger partial charge in [0, 0.05) is 6.42 Å². The second kappa shape index (κ2) is 7.10. The molecule has 0 aromatic carbocycles. The fourth-order valence-corrected chi connectivity index (χ4v) is 2.58. The van der Waals surface area contributed by atoms with Gasteiger partial charge in [0.25, 0.3) is 0 Å². The lowest BCUT2D eigenvalue weighted by atomic mass is 9.87. The summed E-state index contributed by atoms with van der Waals surface area (Å²) in [6, 6.07) is 0. The minimum atomic E-state index is -0.154. The van der Waals surface area contributed by atoms with Gasteiger partial charge in [-0.3, -0.25) is 4.79 Å². The van der Waals surface area contributed by atoms with Crippen molar-refractivity contribution >= 4 is 5.91 Å². The summed E-state index contributed by atoms with van der Waals surface area (Å²) in [6.45, 7) is 8.60. The van der Waals surface area contributed by atoms with Crippen LogP contribution in [0.4, 0.5) is 0 Å². The van der Waals surface area contributed by atoms with Crippen LogP contribution in [0.15, 0.2) is 0 Å². The Balaban J connectivity index is 2.14. The van der Waals surface area contributed by atoms with Crippen molar-refractivity contribution in [2.75, 3.05) is 26.2 Å². The fraction of sp³-hybridized carbons (Fsp3) is 0.929. The van der Waals surface area contributed by atoms with Crippen molar-refractivity contribution in [1.29, 1.82) is 0 Å². The maximum Gasteiger partial charge on any atom is 0.217 e. The van der Waals surface area contributed by atoms with Gasteiger partial charge in [0.15, 0.2) is 0 Å². The first-order valence-corrected chi connectivity index (χ1v) is 7.14. The van der Waals surface area contributed by atoms with Crippen LogP contribution in [0.2, 0.25) is 0 Å². The number of carbonyl (C=O) groups is 1. The van der Waals surface area contributed by atoms with Gasteiger partial charge in [-0.15, -0.1) is 0 Å². The molecule has 4 heteroatoms. The summed E-state index contributed by atoms with van der Waals surface area (Å²) in [5.74, 6) is 0.359. The number of nitrogens with zero attached hydrogens (tertiary/aromatic N) is 1. The van der Waals surface area contributed by atoms with Crippen molar-refractivity contribution < 1.29 is 4.79 Å². The molecule has 0 saturated carbocycles. The number of primary amides is 1. The first-order chi connectivity index (χ1) is 8.43. The zero-order valence-corrected chi connectivity index (χ0v) is 12.0. The average molecular weight is 255 g/mol. The van der Waals surface area contributed by atoms with E-state index in [0.717, 1.165) is 39.0 Å². The third-order valence-corrected chi connectivity index (χ3v) is 4.08. The van der Waals surface area contributed by atoms with E-state index in [-0.39, 0.29) is 11.3 Å². The molecule has 0 aliphatic carbocycles. The molecule has 0 unspecified atom stereocenters. The van der Waals surface area contributed by atoms with E-state index >= 15 is 0 Å². The quantitative estimate of drug-likeness (QED) is 0.721. The van der Waals surface area contributed by atoms with Gasteiger partial charge in [-0.25, -0.2) is 0 Å². The maximum atomic E-state index is 10.9. The molecule has 1 saturated heterocycles. The summed E-state index contributed by atoms with van der Waals surface area (Å²) in [4.78, 5) is 13.4. The summed E-state index contributed by atoms with van der Waals surface area (Å²) in [5, 5.41) is 0. The molecule has 0 spiro atoms. The van der Waals surface area contributed by atoms with E-state index in [4.69, 9.17) is 11.5 Å². The highest BCUT2D eigenvalue weighted by atomic mass is 16.1. The van der Waals surface area contributed by atoms with E-state index in [1.54, 1.807) is 0 Å². The topological polar surface area (TPSA) is 72.3 Å². The predicted molar refractivity (Wildman–Crippen MR) is 75.0 cm³/mol. The normalized spacial score (nSPS) is 19.1. The number of piperidine rings is 1. The Morgan fingerprint density at radius 1 is 1.33 bits per heavy atom. The van der Waals surface area contributed by atoms with Crippen LogP contribution in [0.25, 0.3) is 0 Å². The standard InChI is InChI=1S/C14H29N3O/c1-14(2,11-15)6-3-7-17-8-4-12(5-9-17)10-13(16)18/h12H,3-11,15H2,1-2H3,(H2,16,18). The second-order valence-corrected chi connectivity index (χ2v) is 6.43. The molecule has 1 aliphatic rings. The largest absolute Gasteiger partial charge is 0.370 e. The molecule has 106 valence electrons. The molecule has 1 fully saturated rings. The van der Waals surface area contributed by atoms with Crippen LogP contribution in [0.1, 0.15) is 46.0 Å². The lowest BCUT2D eigenvalue weighted by molar-refractivity contribution is -0.119. The molecular formula is C14H29N3O. The van der Waals surface area contributed by atoms with E-state index in [0.29, 0.717) is 12.3 Å². The Labute approximate surface area is 111 Å². The molecule has 4 nitrogen and oxygen atoms in total. The predicted octanol–water partition coefficient (Wildman–Crippen LogP) is 1.34. The molecule has 1 amide bonds. The summed E-state index contributed by atoms with van der Waals surface area (Å²) >= 11 is 0. The van der Waals surface area contributed by atoms with Gasteiger partial charge in [0.2, 0.25) is 5.91 Å². The number of hydrogen-bond donors (Lipinski definition) is 2. The van der Waals surface area contributed by atoms with Crippen LogP contribution < -0.4 is 11.5 Å². The highest BCUT2D eigenvalue weighted by molar-refractivity contribution is 5.73. The number of carbonyl (C=O) groups excluding carboxylic acids is 1. The van der Waals surface area contributed by atoms with Gasteiger partial charge in [-0.05, 0) is 63.2 Å². The molecule has 4 N–H and O–H groups in total. The summed E-state index contributed by atoms with van der Waals surface area (Å²) in [5.41, 5.74) is 11.2. The summed E-state index contributed by atoms with van der Waals surface area (Å²) in [6.07, 6.45) is 5.19. The molecule has 1 aliphatic heterocycles. The molecule has 1 heterocycles. The third kappa shape index (κ3) is 5.83. The Kier molecular flexibility index (Phi) is 6.09. The zero-order chi connectivity index (χ0) is 13.6. The molecule has 0 aromatic heterocycles. The van der Waals surface area contributed by atoms with Crippen molar-refractivity contribution in [1.82, 2.24) is 4.90 Å². The lowest BCUT2D eigenvalue weighted by Gasteiger charge is -2.32. The monoisotopic (exact) mass is 255 g/mol. The van der Waals surface area contributed by atoms with E-state index in [1.165, 1.54) is 12.8 Å². The highest BCUT2D eigenvalue weighted by Gasteiger charge is 2.21. The number of nitrogens with two attached hydrogens (primary N) is 2. The van der Waals surface area contributed by atoms with Gasteiger partial charge in [-0.1, -0.05) is 13.8 Å². The average Bonchev–Trinajstić information content (AvgIpc) is 2.30. The number of rotatable bonds is 7. The molecule has 0 aromatic rings. The van der Waals surface area contributed by atoms with Gasteiger partial charge < -0.3 is 16.4 Å². The number of likely N-dealkylation sites (tertiary alicyclic amines) is 1. The third-order valence-electron chi connectivity index (χ3n) is 4.08. The van der Waals surface area contributed by atoms with Crippen LogP contribution in [-0.2, 0) is 4.79 Å². The number of amides is 1. The van der Waals surface area contributed by atoms with Crippen molar-refractivity contribution in [2.45, 2.75) is 46.0 Å². The van der Waals surface area contributed by atoms with Crippen LogP contribution in [0.3, 0.4) is 0 Å².